The summed E-state index contributed by atoms with van der Waals surface area (Å²) < 4.78 is 10.7. The van der Waals surface area contributed by atoms with Gasteiger partial charge in [0.15, 0.2) is 0 Å². The van der Waals surface area contributed by atoms with Crippen LogP contribution in [0.3, 0.4) is 0 Å². The molecule has 0 amide bonds. The molecule has 2 aliphatic heterocycles. The Kier molecular flexibility index (Phi) is 4.22. The summed E-state index contributed by atoms with van der Waals surface area (Å²) in [5.74, 6) is 12.0. The minimum absolute atomic E-state index is 0.209. The summed E-state index contributed by atoms with van der Waals surface area (Å²) >= 11 is 0. The molecule has 0 N–H and O–H groups in total. The molecule has 0 radical (unpaired) electrons. The molecular formula is C18H26N2OS. The van der Waals surface area contributed by atoms with Crippen LogP contribution in [0.2, 0.25) is 0 Å². The smallest absolute Gasteiger partial charge is 0.119 e. The highest BCUT2D eigenvalue weighted by molar-refractivity contribution is 8.26. The van der Waals surface area contributed by atoms with E-state index in [0.717, 1.165) is 31.0 Å². The Morgan fingerprint density at radius 2 is 1.95 bits per heavy atom. The number of piperidine rings is 1. The maximum Gasteiger partial charge on any atom is 0.119 e. The topological polar surface area (TPSA) is 24.8 Å². The largest absolute Gasteiger partial charge is 0.491 e. The first-order valence-corrected chi connectivity index (χ1v) is 10.1. The zero-order chi connectivity index (χ0) is 15.7. The highest BCUT2D eigenvalue weighted by Gasteiger charge is 2.30. The predicted molar refractivity (Wildman–Crippen MR) is 99.9 cm³/mol. The molecule has 120 valence electrons. The molecule has 0 aromatic heterocycles. The van der Waals surface area contributed by atoms with Gasteiger partial charge < -0.3 is 9.64 Å². The Morgan fingerprint density at radius 3 is 2.64 bits per heavy atom. The molecular weight excluding hydrogens is 292 g/mol. The number of fused-ring (bicyclic) bond motifs is 1. The van der Waals surface area contributed by atoms with Gasteiger partial charge in [0.1, 0.15) is 11.6 Å². The van der Waals surface area contributed by atoms with E-state index in [2.05, 4.69) is 54.8 Å². The number of nitrogens with zero attached hydrogens (tertiary/aromatic N) is 2. The van der Waals surface area contributed by atoms with Crippen molar-refractivity contribution in [1.29, 1.82) is 0 Å². The molecule has 0 aliphatic carbocycles. The van der Waals surface area contributed by atoms with E-state index in [1.807, 2.05) is 0 Å². The fraction of sp³-hybridized carbons (Fsp3) is 0.500. The lowest BCUT2D eigenvalue weighted by molar-refractivity contribution is 0.242. The maximum absolute atomic E-state index is 5.74. The van der Waals surface area contributed by atoms with Gasteiger partial charge in [-0.15, -0.1) is 9.39 Å². The molecule has 22 heavy (non-hydrogen) atoms. The summed E-state index contributed by atoms with van der Waals surface area (Å²) in [7, 11) is -1.30. The monoisotopic (exact) mass is 318 g/mol. The van der Waals surface area contributed by atoms with Gasteiger partial charge in [-0.1, -0.05) is 23.9 Å². The van der Waals surface area contributed by atoms with E-state index >= 15 is 0 Å². The van der Waals surface area contributed by atoms with Crippen LogP contribution in [0.25, 0.3) is 0 Å². The van der Waals surface area contributed by atoms with Crippen LogP contribution < -0.4 is 4.74 Å². The molecule has 4 heteroatoms. The Labute approximate surface area is 134 Å². The van der Waals surface area contributed by atoms with E-state index in [1.165, 1.54) is 17.8 Å². The number of hydrogen-bond donors (Lipinski definition) is 0. The molecule has 1 fully saturated rings. The van der Waals surface area contributed by atoms with Crippen LogP contribution in [-0.4, -0.2) is 47.4 Å². The number of hydrogen-bond acceptors (Lipinski definition) is 3. The van der Waals surface area contributed by atoms with Crippen molar-refractivity contribution in [2.24, 2.45) is 4.40 Å². The van der Waals surface area contributed by atoms with Gasteiger partial charge in [0, 0.05) is 24.8 Å². The molecule has 0 saturated carbocycles. The van der Waals surface area contributed by atoms with Gasteiger partial charge in [0.05, 0.1) is 6.10 Å². The summed E-state index contributed by atoms with van der Waals surface area (Å²) in [4.78, 5) is 2.44. The number of amidine groups is 1. The second-order valence-corrected chi connectivity index (χ2v) is 9.16. The van der Waals surface area contributed by atoms with E-state index in [4.69, 9.17) is 9.13 Å². The zero-order valence-electron chi connectivity index (χ0n) is 13.6. The van der Waals surface area contributed by atoms with Gasteiger partial charge in [-0.25, -0.2) is 4.40 Å². The first-order valence-electron chi connectivity index (χ1n) is 8.03. The fourth-order valence-electron chi connectivity index (χ4n) is 3.19. The van der Waals surface area contributed by atoms with Gasteiger partial charge in [-0.2, -0.15) is 0 Å². The molecule has 1 unspecified atom stereocenters. The fourth-order valence-corrected chi connectivity index (χ4v) is 4.48. The third-order valence-electron chi connectivity index (χ3n) is 4.24. The van der Waals surface area contributed by atoms with Crippen molar-refractivity contribution in [3.63, 3.8) is 0 Å². The summed E-state index contributed by atoms with van der Waals surface area (Å²) in [6, 6.07) is 8.52. The molecule has 3 rings (SSSR count). The second-order valence-electron chi connectivity index (χ2n) is 6.57. The number of rotatable bonds is 3. The Balaban J connectivity index is 1.88. The third kappa shape index (κ3) is 3.32. The van der Waals surface area contributed by atoms with Crippen molar-refractivity contribution in [1.82, 2.24) is 4.90 Å². The van der Waals surface area contributed by atoms with Crippen LogP contribution in [0.1, 0.15) is 38.2 Å². The lowest BCUT2D eigenvalue weighted by Crippen LogP contribution is -2.43. The molecule has 0 spiro atoms. The van der Waals surface area contributed by atoms with E-state index in [-0.39, 0.29) is 6.10 Å². The lowest BCUT2D eigenvalue weighted by Gasteiger charge is -2.40. The highest BCUT2D eigenvalue weighted by Crippen LogP contribution is 2.36. The standard InChI is InChI=1S/C18H26N2OS/c1-14(2)21-16-9-7-15(8-10-16)17-6-5-11-20-12-13-22(3,4)19-18(17)20/h7-10,14,17H,3-6,11-13H2,1-2H3. The zero-order valence-corrected chi connectivity index (χ0v) is 14.4. The van der Waals surface area contributed by atoms with Gasteiger partial charge in [-0.3, -0.25) is 0 Å². The number of ether oxygens (including phenoxy) is 1. The van der Waals surface area contributed by atoms with Crippen LogP contribution in [-0.2, 0) is 0 Å². The molecule has 1 aromatic rings. The number of benzene rings is 1. The van der Waals surface area contributed by atoms with Crippen molar-refractivity contribution < 1.29 is 4.74 Å². The molecule has 2 aliphatic rings. The van der Waals surface area contributed by atoms with Crippen LogP contribution in [0.15, 0.2) is 28.7 Å². The van der Waals surface area contributed by atoms with Gasteiger partial charge in [0.25, 0.3) is 0 Å². The summed E-state index contributed by atoms with van der Waals surface area (Å²) in [6.07, 6.45) is 2.60. The van der Waals surface area contributed by atoms with Crippen LogP contribution in [0.5, 0.6) is 5.75 Å². The first-order chi connectivity index (χ1) is 10.4. The van der Waals surface area contributed by atoms with Gasteiger partial charge in [0.2, 0.25) is 0 Å². The van der Waals surface area contributed by atoms with E-state index in [9.17, 15) is 0 Å². The van der Waals surface area contributed by atoms with E-state index in [1.54, 1.807) is 0 Å². The Morgan fingerprint density at radius 1 is 1.23 bits per heavy atom. The molecule has 1 saturated heterocycles. The SMILES string of the molecule is C=S1(=C)CCN2CCCC(c3ccc(OC(C)C)cc3)C2=N1. The van der Waals surface area contributed by atoms with Crippen molar-refractivity contribution in [2.75, 3.05) is 18.8 Å². The van der Waals surface area contributed by atoms with Crippen molar-refractivity contribution in [3.8, 4) is 5.75 Å². The van der Waals surface area contributed by atoms with Gasteiger partial charge >= 0.3 is 0 Å². The normalized spacial score (nSPS) is 23.9. The van der Waals surface area contributed by atoms with Crippen LogP contribution >= 0.6 is 9.39 Å². The van der Waals surface area contributed by atoms with Crippen LogP contribution in [0, 0.1) is 0 Å². The molecule has 3 nitrogen and oxygen atoms in total. The second kappa shape index (κ2) is 5.99. The average molecular weight is 318 g/mol. The molecule has 1 atom stereocenters. The van der Waals surface area contributed by atoms with E-state index in [0.29, 0.717) is 5.92 Å². The average Bonchev–Trinajstić information content (AvgIpc) is 2.46. The summed E-state index contributed by atoms with van der Waals surface area (Å²) in [6.45, 7) is 6.29. The lowest BCUT2D eigenvalue weighted by atomic mass is 9.89. The minimum Gasteiger partial charge on any atom is -0.491 e. The highest BCUT2D eigenvalue weighted by atomic mass is 32.2. The first kappa shape index (κ1) is 15.5. The van der Waals surface area contributed by atoms with Crippen molar-refractivity contribution in [2.45, 2.75) is 38.7 Å². The summed E-state index contributed by atoms with van der Waals surface area (Å²) in [5.41, 5.74) is 1.33. The quantitative estimate of drug-likeness (QED) is 0.795. The summed E-state index contributed by atoms with van der Waals surface area (Å²) in [5, 5.41) is 0. The van der Waals surface area contributed by atoms with E-state index < -0.39 is 9.39 Å². The minimum atomic E-state index is -1.30. The molecule has 0 bridgehead atoms. The van der Waals surface area contributed by atoms with Crippen molar-refractivity contribution >= 4 is 27.0 Å². The van der Waals surface area contributed by atoms with Gasteiger partial charge in [-0.05, 0) is 44.4 Å². The predicted octanol–water partition coefficient (Wildman–Crippen LogP) is 3.65. The third-order valence-corrected chi connectivity index (χ3v) is 5.76. The Hall–Kier alpha value is -1.42. The molecule has 2 heterocycles. The molecule has 1 aromatic carbocycles. The maximum atomic E-state index is 5.74. The van der Waals surface area contributed by atoms with Crippen LogP contribution in [0.4, 0.5) is 0 Å². The Bertz CT molecular complexity index is 659. The van der Waals surface area contributed by atoms with Crippen molar-refractivity contribution in [3.05, 3.63) is 29.8 Å².